The Morgan fingerprint density at radius 2 is 2.07 bits per heavy atom. The van der Waals surface area contributed by atoms with Gasteiger partial charge in [-0.05, 0) is 0 Å². The van der Waals surface area contributed by atoms with E-state index in [9.17, 15) is 4.79 Å². The van der Waals surface area contributed by atoms with Crippen LogP contribution >= 0.6 is 47.8 Å². The van der Waals surface area contributed by atoms with Gasteiger partial charge < -0.3 is 5.11 Å². The van der Waals surface area contributed by atoms with E-state index in [2.05, 4.69) is 47.8 Å². The van der Waals surface area contributed by atoms with E-state index in [1.807, 2.05) is 6.08 Å². The largest absolute Gasteiger partial charge is 0.478 e. The topological polar surface area (TPSA) is 37.3 Å². The molecule has 0 fully saturated rings. The fourth-order valence-electron chi connectivity index (χ4n) is 1.14. The zero-order valence-corrected chi connectivity index (χ0v) is 12.0. The molecule has 0 heterocycles. The molecule has 0 radical (unpaired) electrons. The molecule has 1 rings (SSSR count). The van der Waals surface area contributed by atoms with Crippen molar-refractivity contribution < 1.29 is 9.90 Å². The average Bonchev–Trinajstić information content (AvgIpc) is 2.18. The number of hydrogen-bond donors (Lipinski definition) is 1. The maximum atomic E-state index is 10.7. The van der Waals surface area contributed by atoms with Gasteiger partial charge in [0.05, 0.1) is 5.57 Å². The van der Waals surface area contributed by atoms with Gasteiger partial charge in [0, 0.05) is 20.9 Å². The van der Waals surface area contributed by atoms with Gasteiger partial charge >= 0.3 is 5.97 Å². The van der Waals surface area contributed by atoms with Crippen molar-refractivity contribution in [3.63, 3.8) is 0 Å². The van der Waals surface area contributed by atoms with Crippen LogP contribution in [0.3, 0.4) is 0 Å². The standard InChI is InChI=1S/C9H9Br3O2/c10-4-9(5-11)2-1-6(8(13)14)3-7(9)12/h1-3,7H,4-5H2,(H,13,14). The summed E-state index contributed by atoms with van der Waals surface area (Å²) in [5.74, 6) is -0.886. The van der Waals surface area contributed by atoms with E-state index in [1.165, 1.54) is 0 Å². The molecule has 1 atom stereocenters. The number of carbonyl (C=O) groups is 1. The minimum Gasteiger partial charge on any atom is -0.478 e. The number of aliphatic carboxylic acids is 1. The van der Waals surface area contributed by atoms with Crippen LogP contribution in [0.5, 0.6) is 0 Å². The fraction of sp³-hybridized carbons (Fsp3) is 0.444. The van der Waals surface area contributed by atoms with Gasteiger partial charge in [0.1, 0.15) is 0 Å². The number of hydrogen-bond acceptors (Lipinski definition) is 1. The minimum atomic E-state index is -0.886. The predicted octanol–water partition coefficient (Wildman–Crippen LogP) is 3.11. The summed E-state index contributed by atoms with van der Waals surface area (Å²) in [6.45, 7) is 0. The molecule has 1 unspecified atom stereocenters. The third-order valence-corrected chi connectivity index (χ3v) is 5.48. The lowest BCUT2D eigenvalue weighted by atomic mass is 9.84. The van der Waals surface area contributed by atoms with Crippen molar-refractivity contribution in [2.75, 3.05) is 10.7 Å². The highest BCUT2D eigenvalue weighted by Gasteiger charge is 2.34. The molecule has 0 aromatic carbocycles. The Labute approximate surface area is 108 Å². The Morgan fingerprint density at radius 1 is 1.50 bits per heavy atom. The van der Waals surface area contributed by atoms with E-state index in [4.69, 9.17) is 5.11 Å². The SMILES string of the molecule is O=C(O)C1=CC(Br)C(CBr)(CBr)C=C1. The summed E-state index contributed by atoms with van der Waals surface area (Å²) < 4.78 is 0. The monoisotopic (exact) mass is 386 g/mol. The van der Waals surface area contributed by atoms with Crippen molar-refractivity contribution in [1.82, 2.24) is 0 Å². The maximum absolute atomic E-state index is 10.7. The summed E-state index contributed by atoms with van der Waals surface area (Å²) in [5, 5.41) is 10.4. The smallest absolute Gasteiger partial charge is 0.335 e. The Kier molecular flexibility index (Phi) is 4.40. The molecule has 78 valence electrons. The van der Waals surface area contributed by atoms with Crippen LogP contribution in [-0.2, 0) is 4.79 Å². The summed E-state index contributed by atoms with van der Waals surface area (Å²) in [5.41, 5.74) is 0.253. The van der Waals surface area contributed by atoms with Gasteiger partial charge in [-0.1, -0.05) is 66.0 Å². The van der Waals surface area contributed by atoms with Crippen molar-refractivity contribution in [3.8, 4) is 0 Å². The molecule has 0 saturated carbocycles. The predicted molar refractivity (Wildman–Crippen MR) is 67.6 cm³/mol. The first-order valence-corrected chi connectivity index (χ1v) is 7.12. The second-order valence-corrected chi connectivity index (χ2v) is 5.27. The van der Waals surface area contributed by atoms with Crippen LogP contribution in [0.1, 0.15) is 0 Å². The minimum absolute atomic E-state index is 0.0323. The molecule has 0 bridgehead atoms. The van der Waals surface area contributed by atoms with Crippen molar-refractivity contribution >= 4 is 53.8 Å². The molecule has 2 nitrogen and oxygen atoms in total. The molecular weight excluding hydrogens is 380 g/mol. The van der Waals surface area contributed by atoms with Gasteiger partial charge in [0.2, 0.25) is 0 Å². The number of halogens is 3. The van der Waals surface area contributed by atoms with Crippen molar-refractivity contribution in [2.45, 2.75) is 4.83 Å². The molecule has 0 spiro atoms. The van der Waals surface area contributed by atoms with E-state index in [1.54, 1.807) is 12.2 Å². The lowest BCUT2D eigenvalue weighted by Crippen LogP contribution is -2.34. The van der Waals surface area contributed by atoms with Crippen LogP contribution in [0.15, 0.2) is 23.8 Å². The Morgan fingerprint density at radius 3 is 2.43 bits per heavy atom. The van der Waals surface area contributed by atoms with Crippen LogP contribution in [0.2, 0.25) is 0 Å². The van der Waals surface area contributed by atoms with Crippen LogP contribution in [0, 0.1) is 5.41 Å². The summed E-state index contributed by atoms with van der Waals surface area (Å²) >= 11 is 10.4. The summed E-state index contributed by atoms with van der Waals surface area (Å²) in [6, 6.07) is 0. The van der Waals surface area contributed by atoms with Gasteiger partial charge in [0.15, 0.2) is 0 Å². The highest BCUT2D eigenvalue weighted by molar-refractivity contribution is 9.10. The number of allylic oxidation sites excluding steroid dienone is 2. The molecule has 1 N–H and O–H groups in total. The normalized spacial score (nSPS) is 24.5. The van der Waals surface area contributed by atoms with Gasteiger partial charge in [0.25, 0.3) is 0 Å². The Bertz CT molecular complexity index is 292. The molecule has 0 aromatic heterocycles. The first-order chi connectivity index (χ1) is 6.55. The third-order valence-electron chi connectivity index (χ3n) is 2.21. The second kappa shape index (κ2) is 4.94. The molecule has 0 aliphatic heterocycles. The van der Waals surface area contributed by atoms with Crippen LogP contribution in [-0.4, -0.2) is 26.6 Å². The molecule has 0 amide bonds. The zero-order valence-electron chi connectivity index (χ0n) is 7.21. The van der Waals surface area contributed by atoms with Gasteiger partial charge in [-0.25, -0.2) is 4.79 Å². The zero-order chi connectivity index (χ0) is 10.8. The molecule has 0 saturated heterocycles. The average molecular weight is 389 g/mol. The van der Waals surface area contributed by atoms with Crippen molar-refractivity contribution in [2.24, 2.45) is 5.41 Å². The van der Waals surface area contributed by atoms with Crippen LogP contribution in [0.4, 0.5) is 0 Å². The molecule has 1 aliphatic rings. The van der Waals surface area contributed by atoms with E-state index in [0.717, 1.165) is 10.7 Å². The van der Waals surface area contributed by atoms with Gasteiger partial charge in [-0.3, -0.25) is 0 Å². The van der Waals surface area contributed by atoms with E-state index in [0.29, 0.717) is 5.57 Å². The van der Waals surface area contributed by atoms with Crippen molar-refractivity contribution in [1.29, 1.82) is 0 Å². The fourth-order valence-corrected chi connectivity index (χ4v) is 4.77. The van der Waals surface area contributed by atoms with Gasteiger partial charge in [-0.2, -0.15) is 0 Å². The van der Waals surface area contributed by atoms with E-state index >= 15 is 0 Å². The lowest BCUT2D eigenvalue weighted by Gasteiger charge is -2.32. The lowest BCUT2D eigenvalue weighted by molar-refractivity contribution is -0.132. The first kappa shape index (κ1) is 12.5. The Balaban J connectivity index is 2.95. The van der Waals surface area contributed by atoms with Crippen molar-refractivity contribution in [3.05, 3.63) is 23.8 Å². The van der Waals surface area contributed by atoms with Crippen LogP contribution < -0.4 is 0 Å². The quantitative estimate of drug-likeness (QED) is 0.754. The number of alkyl halides is 3. The van der Waals surface area contributed by atoms with E-state index < -0.39 is 5.97 Å². The highest BCUT2D eigenvalue weighted by Crippen LogP contribution is 2.38. The molecule has 14 heavy (non-hydrogen) atoms. The number of carboxylic acid groups (broad SMARTS) is 1. The summed E-state index contributed by atoms with van der Waals surface area (Å²) in [6.07, 6.45) is 5.31. The van der Waals surface area contributed by atoms with E-state index in [-0.39, 0.29) is 10.2 Å². The maximum Gasteiger partial charge on any atom is 0.335 e. The second-order valence-electron chi connectivity index (χ2n) is 3.16. The molecule has 0 aromatic rings. The highest BCUT2D eigenvalue weighted by atomic mass is 79.9. The number of carboxylic acids is 1. The molecule has 5 heteroatoms. The summed E-state index contributed by atoms with van der Waals surface area (Å²) in [4.78, 5) is 10.8. The Hall–Kier alpha value is 0.390. The number of rotatable bonds is 3. The summed E-state index contributed by atoms with van der Waals surface area (Å²) in [7, 11) is 0. The molecule has 1 aliphatic carbocycles. The molecular formula is C9H9Br3O2. The third kappa shape index (κ3) is 2.31. The van der Waals surface area contributed by atoms with Gasteiger partial charge in [-0.15, -0.1) is 0 Å². The first-order valence-electron chi connectivity index (χ1n) is 3.96. The van der Waals surface area contributed by atoms with Crippen LogP contribution in [0.25, 0.3) is 0 Å².